The number of halogens is 1. The van der Waals surface area contributed by atoms with Crippen molar-refractivity contribution in [2.24, 2.45) is 0 Å². The Labute approximate surface area is 124 Å². The molecule has 0 spiro atoms. The first-order chi connectivity index (χ1) is 9.37. The SMILES string of the molecule is CC1NCCN(S(=O)(=O)c2ccc(Cl)c(C#N)c2)C1C. The molecular formula is C13H16ClN3O2S. The van der Waals surface area contributed by atoms with Crippen LogP contribution < -0.4 is 5.32 Å². The number of nitrogens with zero attached hydrogens (tertiary/aromatic N) is 2. The highest BCUT2D eigenvalue weighted by molar-refractivity contribution is 7.89. The third kappa shape index (κ3) is 2.67. The molecule has 108 valence electrons. The minimum atomic E-state index is -3.61. The molecule has 1 fully saturated rings. The van der Waals surface area contributed by atoms with Crippen LogP contribution in [0.2, 0.25) is 5.02 Å². The van der Waals surface area contributed by atoms with Crippen molar-refractivity contribution in [2.45, 2.75) is 30.8 Å². The van der Waals surface area contributed by atoms with Gasteiger partial charge in [-0.15, -0.1) is 0 Å². The average Bonchev–Trinajstić information content (AvgIpc) is 2.42. The number of nitrogens with one attached hydrogen (secondary N) is 1. The van der Waals surface area contributed by atoms with Crippen LogP contribution in [0.4, 0.5) is 0 Å². The van der Waals surface area contributed by atoms with E-state index in [0.717, 1.165) is 0 Å². The molecule has 5 nitrogen and oxygen atoms in total. The molecule has 0 saturated carbocycles. The van der Waals surface area contributed by atoms with Gasteiger partial charge in [-0.05, 0) is 32.0 Å². The molecule has 0 aliphatic carbocycles. The van der Waals surface area contributed by atoms with Crippen molar-refractivity contribution in [3.05, 3.63) is 28.8 Å². The summed E-state index contributed by atoms with van der Waals surface area (Å²) in [5.41, 5.74) is 0.170. The molecular weight excluding hydrogens is 298 g/mol. The number of piperazine rings is 1. The first-order valence-corrected chi connectivity index (χ1v) is 8.14. The quantitative estimate of drug-likeness (QED) is 0.899. The van der Waals surface area contributed by atoms with E-state index < -0.39 is 10.0 Å². The van der Waals surface area contributed by atoms with E-state index in [9.17, 15) is 8.42 Å². The summed E-state index contributed by atoms with van der Waals surface area (Å²) in [6.45, 7) is 4.85. The Balaban J connectivity index is 2.42. The Bertz CT molecular complexity index is 654. The minimum absolute atomic E-state index is 0.0845. The van der Waals surface area contributed by atoms with E-state index in [0.29, 0.717) is 13.1 Å². The smallest absolute Gasteiger partial charge is 0.243 e. The lowest BCUT2D eigenvalue weighted by Gasteiger charge is -2.37. The van der Waals surface area contributed by atoms with Crippen LogP contribution in [0.3, 0.4) is 0 Å². The molecule has 0 radical (unpaired) electrons. The van der Waals surface area contributed by atoms with Gasteiger partial charge in [-0.2, -0.15) is 9.57 Å². The van der Waals surface area contributed by atoms with Gasteiger partial charge in [0.15, 0.2) is 0 Å². The monoisotopic (exact) mass is 313 g/mol. The maximum absolute atomic E-state index is 12.7. The Hall–Kier alpha value is -1.13. The molecule has 7 heteroatoms. The molecule has 0 aromatic heterocycles. The number of benzene rings is 1. The topological polar surface area (TPSA) is 73.2 Å². The number of rotatable bonds is 2. The van der Waals surface area contributed by atoms with Crippen LogP contribution >= 0.6 is 11.6 Å². The van der Waals surface area contributed by atoms with E-state index in [1.807, 2.05) is 19.9 Å². The van der Waals surface area contributed by atoms with Crippen molar-refractivity contribution in [1.29, 1.82) is 5.26 Å². The molecule has 2 unspecified atom stereocenters. The van der Waals surface area contributed by atoms with Gasteiger partial charge in [-0.25, -0.2) is 8.42 Å². The highest BCUT2D eigenvalue weighted by Gasteiger charge is 2.34. The molecule has 1 N–H and O–H groups in total. The van der Waals surface area contributed by atoms with Crippen LogP contribution in [0.1, 0.15) is 19.4 Å². The molecule has 1 heterocycles. The highest BCUT2D eigenvalue weighted by Crippen LogP contribution is 2.25. The Morgan fingerprint density at radius 3 is 2.80 bits per heavy atom. The molecule has 1 aliphatic heterocycles. The molecule has 0 bridgehead atoms. The molecule has 20 heavy (non-hydrogen) atoms. The fraction of sp³-hybridized carbons (Fsp3) is 0.462. The maximum Gasteiger partial charge on any atom is 0.243 e. The lowest BCUT2D eigenvalue weighted by atomic mass is 10.1. The van der Waals surface area contributed by atoms with E-state index >= 15 is 0 Å². The van der Waals surface area contributed by atoms with Crippen molar-refractivity contribution in [3.63, 3.8) is 0 Å². The summed E-state index contributed by atoms with van der Waals surface area (Å²) >= 11 is 5.84. The zero-order valence-corrected chi connectivity index (χ0v) is 12.9. The molecule has 1 aromatic rings. The zero-order valence-electron chi connectivity index (χ0n) is 11.3. The van der Waals surface area contributed by atoms with Crippen LogP contribution in [0.25, 0.3) is 0 Å². The fourth-order valence-electron chi connectivity index (χ4n) is 2.25. The molecule has 1 saturated heterocycles. The third-order valence-electron chi connectivity index (χ3n) is 3.64. The first-order valence-electron chi connectivity index (χ1n) is 6.33. The van der Waals surface area contributed by atoms with Crippen molar-refractivity contribution in [3.8, 4) is 6.07 Å². The number of nitriles is 1. The van der Waals surface area contributed by atoms with Crippen molar-refractivity contribution < 1.29 is 8.42 Å². The number of hydrogen-bond acceptors (Lipinski definition) is 4. The lowest BCUT2D eigenvalue weighted by molar-refractivity contribution is 0.233. The second-order valence-electron chi connectivity index (χ2n) is 4.85. The zero-order chi connectivity index (χ0) is 14.9. The molecule has 2 rings (SSSR count). The van der Waals surface area contributed by atoms with Crippen LogP contribution in [-0.4, -0.2) is 37.9 Å². The van der Waals surface area contributed by atoms with Gasteiger partial charge < -0.3 is 5.32 Å². The molecule has 2 atom stereocenters. The second kappa shape index (κ2) is 5.70. The first kappa shape index (κ1) is 15.3. The summed E-state index contributed by atoms with van der Waals surface area (Å²) < 4.78 is 26.8. The Morgan fingerprint density at radius 2 is 2.15 bits per heavy atom. The average molecular weight is 314 g/mol. The van der Waals surface area contributed by atoms with Gasteiger partial charge in [-0.1, -0.05) is 11.6 Å². The summed E-state index contributed by atoms with van der Waals surface area (Å²) in [5.74, 6) is 0. The summed E-state index contributed by atoms with van der Waals surface area (Å²) in [4.78, 5) is 0.111. The molecule has 1 aromatic carbocycles. The van der Waals surface area contributed by atoms with Crippen LogP contribution in [-0.2, 0) is 10.0 Å². The standard InChI is InChI=1S/C13H16ClN3O2S/c1-9-10(2)17(6-5-16-9)20(18,19)12-3-4-13(14)11(7-12)8-15/h3-4,7,9-10,16H,5-6H2,1-2H3. The van der Waals surface area contributed by atoms with E-state index in [1.165, 1.54) is 22.5 Å². The van der Waals surface area contributed by atoms with Gasteiger partial charge >= 0.3 is 0 Å². The molecule has 1 aliphatic rings. The minimum Gasteiger partial charge on any atom is -0.311 e. The fourth-order valence-corrected chi connectivity index (χ4v) is 4.14. The van der Waals surface area contributed by atoms with E-state index in [-0.39, 0.29) is 27.6 Å². The van der Waals surface area contributed by atoms with Gasteiger partial charge in [0.1, 0.15) is 6.07 Å². The predicted molar refractivity (Wildman–Crippen MR) is 77.0 cm³/mol. The van der Waals surface area contributed by atoms with Gasteiger partial charge in [0.25, 0.3) is 0 Å². The number of sulfonamides is 1. The van der Waals surface area contributed by atoms with Crippen LogP contribution in [0.15, 0.2) is 23.1 Å². The summed E-state index contributed by atoms with van der Waals surface area (Å²) in [6, 6.07) is 6.06. The van der Waals surface area contributed by atoms with Crippen molar-refractivity contribution in [1.82, 2.24) is 9.62 Å². The normalized spacial score (nSPS) is 24.3. The van der Waals surface area contributed by atoms with Gasteiger partial charge in [0.2, 0.25) is 10.0 Å². The Kier molecular flexibility index (Phi) is 4.35. The van der Waals surface area contributed by atoms with E-state index in [2.05, 4.69) is 5.32 Å². The van der Waals surface area contributed by atoms with E-state index in [1.54, 1.807) is 0 Å². The largest absolute Gasteiger partial charge is 0.311 e. The van der Waals surface area contributed by atoms with E-state index in [4.69, 9.17) is 16.9 Å². The van der Waals surface area contributed by atoms with Crippen LogP contribution in [0.5, 0.6) is 0 Å². The molecule has 0 amide bonds. The van der Waals surface area contributed by atoms with Crippen LogP contribution in [0, 0.1) is 11.3 Å². The highest BCUT2D eigenvalue weighted by atomic mass is 35.5. The third-order valence-corrected chi connectivity index (χ3v) is 5.95. The summed E-state index contributed by atoms with van der Waals surface area (Å²) in [5, 5.41) is 12.5. The Morgan fingerprint density at radius 1 is 1.45 bits per heavy atom. The summed E-state index contributed by atoms with van der Waals surface area (Å²) in [6.07, 6.45) is 0. The summed E-state index contributed by atoms with van der Waals surface area (Å²) in [7, 11) is -3.61. The number of hydrogen-bond donors (Lipinski definition) is 1. The lowest BCUT2D eigenvalue weighted by Crippen LogP contribution is -2.57. The van der Waals surface area contributed by atoms with Crippen molar-refractivity contribution in [2.75, 3.05) is 13.1 Å². The van der Waals surface area contributed by atoms with Gasteiger partial charge in [-0.3, -0.25) is 0 Å². The van der Waals surface area contributed by atoms with Crippen molar-refractivity contribution >= 4 is 21.6 Å². The second-order valence-corrected chi connectivity index (χ2v) is 7.15. The predicted octanol–water partition coefficient (Wildman–Crippen LogP) is 1.58. The van der Waals surface area contributed by atoms with Gasteiger partial charge in [0, 0.05) is 25.2 Å². The maximum atomic E-state index is 12.7. The van der Waals surface area contributed by atoms with Gasteiger partial charge in [0.05, 0.1) is 15.5 Å².